The van der Waals surface area contributed by atoms with Gasteiger partial charge in [0.05, 0.1) is 11.0 Å². The zero-order chi connectivity index (χ0) is 14.8. The van der Waals surface area contributed by atoms with Gasteiger partial charge in [0.15, 0.2) is 0 Å². The van der Waals surface area contributed by atoms with Crippen LogP contribution in [0, 0.1) is 0 Å². The summed E-state index contributed by atoms with van der Waals surface area (Å²) in [5, 5.41) is 3.37. The molecule has 0 atom stereocenters. The van der Waals surface area contributed by atoms with Crippen LogP contribution in [0.4, 0.5) is 0 Å². The van der Waals surface area contributed by atoms with Crippen LogP contribution in [0.1, 0.15) is 25.5 Å². The summed E-state index contributed by atoms with van der Waals surface area (Å²) in [4.78, 5) is 17.4. The van der Waals surface area contributed by atoms with E-state index in [1.807, 2.05) is 18.4 Å². The molecule has 1 fully saturated rings. The number of nitrogens with one attached hydrogen (secondary N) is 2. The SMILES string of the molecule is CC(C)n1c(=O)[nH]c2cc(CCN3CCNCC3)ccc21. The standard InChI is InChI=1S/C16H24N4O/c1-12(2)20-15-4-3-13(11-14(15)18-16(20)21)5-8-19-9-6-17-7-10-19/h3-4,11-12,17H,5-10H2,1-2H3,(H,18,21). The summed E-state index contributed by atoms with van der Waals surface area (Å²) in [5.41, 5.74) is 3.23. The van der Waals surface area contributed by atoms with Crippen LogP contribution in [0.15, 0.2) is 23.0 Å². The third kappa shape index (κ3) is 3.04. The maximum atomic E-state index is 12.0. The zero-order valence-electron chi connectivity index (χ0n) is 12.9. The molecule has 0 spiro atoms. The van der Waals surface area contributed by atoms with Crippen LogP contribution < -0.4 is 11.0 Å². The van der Waals surface area contributed by atoms with E-state index in [0.717, 1.165) is 50.2 Å². The lowest BCUT2D eigenvalue weighted by Gasteiger charge is -2.27. The number of fused-ring (bicyclic) bond motifs is 1. The molecule has 5 nitrogen and oxygen atoms in total. The molecule has 114 valence electrons. The van der Waals surface area contributed by atoms with Crippen LogP contribution in [-0.2, 0) is 6.42 Å². The molecule has 3 rings (SSSR count). The highest BCUT2D eigenvalue weighted by Gasteiger charge is 2.11. The second-order valence-corrected chi connectivity index (χ2v) is 6.09. The van der Waals surface area contributed by atoms with Gasteiger partial charge in [-0.1, -0.05) is 6.07 Å². The van der Waals surface area contributed by atoms with E-state index < -0.39 is 0 Å². The monoisotopic (exact) mass is 288 g/mol. The van der Waals surface area contributed by atoms with E-state index >= 15 is 0 Å². The molecule has 2 aromatic rings. The van der Waals surface area contributed by atoms with Crippen LogP contribution in [0.3, 0.4) is 0 Å². The zero-order valence-corrected chi connectivity index (χ0v) is 12.9. The molecule has 1 aromatic heterocycles. The lowest BCUT2D eigenvalue weighted by molar-refractivity contribution is 0.244. The van der Waals surface area contributed by atoms with Gasteiger partial charge in [-0.05, 0) is 38.0 Å². The number of H-pyrrole nitrogens is 1. The second kappa shape index (κ2) is 6.03. The lowest BCUT2D eigenvalue weighted by Crippen LogP contribution is -2.44. The summed E-state index contributed by atoms with van der Waals surface area (Å²) in [7, 11) is 0. The Labute approximate surface area is 125 Å². The molecule has 0 radical (unpaired) electrons. The first kappa shape index (κ1) is 14.4. The van der Waals surface area contributed by atoms with Crippen LogP contribution in [-0.4, -0.2) is 47.2 Å². The van der Waals surface area contributed by atoms with Gasteiger partial charge in [-0.15, -0.1) is 0 Å². The smallest absolute Gasteiger partial charge is 0.314 e. The van der Waals surface area contributed by atoms with Gasteiger partial charge in [0.2, 0.25) is 0 Å². The lowest BCUT2D eigenvalue weighted by atomic mass is 10.1. The quantitative estimate of drug-likeness (QED) is 0.893. The Morgan fingerprint density at radius 2 is 2.00 bits per heavy atom. The topological polar surface area (TPSA) is 53.1 Å². The molecule has 2 heterocycles. The van der Waals surface area contributed by atoms with Crippen LogP contribution in [0.5, 0.6) is 0 Å². The van der Waals surface area contributed by atoms with Crippen LogP contribution >= 0.6 is 0 Å². The van der Waals surface area contributed by atoms with Crippen molar-refractivity contribution in [1.29, 1.82) is 0 Å². The molecule has 5 heteroatoms. The first-order valence-electron chi connectivity index (χ1n) is 7.81. The summed E-state index contributed by atoms with van der Waals surface area (Å²) in [6.45, 7) is 9.58. The van der Waals surface area contributed by atoms with Crippen molar-refractivity contribution in [3.63, 3.8) is 0 Å². The van der Waals surface area contributed by atoms with Gasteiger partial charge in [-0.2, -0.15) is 0 Å². The molecule has 0 aliphatic carbocycles. The van der Waals surface area contributed by atoms with Gasteiger partial charge in [-0.3, -0.25) is 4.57 Å². The van der Waals surface area contributed by atoms with E-state index in [1.165, 1.54) is 5.56 Å². The van der Waals surface area contributed by atoms with E-state index in [0.29, 0.717) is 0 Å². The van der Waals surface area contributed by atoms with Gasteiger partial charge in [0, 0.05) is 38.8 Å². The highest BCUT2D eigenvalue weighted by molar-refractivity contribution is 5.76. The van der Waals surface area contributed by atoms with E-state index in [9.17, 15) is 4.79 Å². The maximum Gasteiger partial charge on any atom is 0.326 e. The van der Waals surface area contributed by atoms with E-state index in [-0.39, 0.29) is 11.7 Å². The molecule has 1 aliphatic heterocycles. The number of hydrogen-bond acceptors (Lipinski definition) is 3. The molecule has 1 saturated heterocycles. The summed E-state index contributed by atoms with van der Waals surface area (Å²) in [5.74, 6) is 0. The fraction of sp³-hybridized carbons (Fsp3) is 0.562. The van der Waals surface area contributed by atoms with Gasteiger partial charge < -0.3 is 15.2 Å². The van der Waals surface area contributed by atoms with Gasteiger partial charge in [0.25, 0.3) is 0 Å². The Balaban J connectivity index is 1.76. The average molecular weight is 288 g/mol. The fourth-order valence-electron chi connectivity index (χ4n) is 3.07. The predicted molar refractivity (Wildman–Crippen MR) is 86.0 cm³/mol. The third-order valence-corrected chi connectivity index (χ3v) is 4.22. The van der Waals surface area contributed by atoms with Crippen LogP contribution in [0.2, 0.25) is 0 Å². The highest BCUT2D eigenvalue weighted by Crippen LogP contribution is 2.17. The third-order valence-electron chi connectivity index (χ3n) is 4.22. The molecular formula is C16H24N4O. The largest absolute Gasteiger partial charge is 0.326 e. The number of nitrogens with zero attached hydrogens (tertiary/aromatic N) is 2. The Morgan fingerprint density at radius 3 is 2.71 bits per heavy atom. The molecule has 2 N–H and O–H groups in total. The van der Waals surface area contributed by atoms with Crippen molar-refractivity contribution in [2.75, 3.05) is 32.7 Å². The summed E-state index contributed by atoms with van der Waals surface area (Å²) >= 11 is 0. The molecule has 21 heavy (non-hydrogen) atoms. The molecule has 0 bridgehead atoms. The van der Waals surface area contributed by atoms with Crippen molar-refractivity contribution < 1.29 is 0 Å². The molecule has 0 unspecified atom stereocenters. The normalized spacial score (nSPS) is 16.9. The molecule has 1 aliphatic rings. The van der Waals surface area contributed by atoms with Gasteiger partial charge in [0.1, 0.15) is 0 Å². The number of hydrogen-bond donors (Lipinski definition) is 2. The number of aromatic amines is 1. The molecule has 0 saturated carbocycles. The number of piperazine rings is 1. The Morgan fingerprint density at radius 1 is 1.24 bits per heavy atom. The minimum atomic E-state index is -0.0146. The maximum absolute atomic E-state index is 12.0. The predicted octanol–water partition coefficient (Wildman–Crippen LogP) is 1.36. The van der Waals surface area contributed by atoms with E-state index in [2.05, 4.69) is 33.4 Å². The molecule has 1 aromatic carbocycles. The van der Waals surface area contributed by atoms with Crippen molar-refractivity contribution >= 4 is 11.0 Å². The average Bonchev–Trinajstić information content (AvgIpc) is 2.81. The van der Waals surface area contributed by atoms with Crippen molar-refractivity contribution in [3.05, 3.63) is 34.2 Å². The summed E-state index contributed by atoms with van der Waals surface area (Å²) in [6, 6.07) is 6.52. The highest BCUT2D eigenvalue weighted by atomic mass is 16.1. The number of benzene rings is 1. The Bertz CT molecular complexity index is 664. The van der Waals surface area contributed by atoms with E-state index in [1.54, 1.807) is 0 Å². The van der Waals surface area contributed by atoms with Crippen molar-refractivity contribution in [1.82, 2.24) is 19.8 Å². The first-order chi connectivity index (χ1) is 10.1. The molecular weight excluding hydrogens is 264 g/mol. The van der Waals surface area contributed by atoms with Gasteiger partial charge >= 0.3 is 5.69 Å². The van der Waals surface area contributed by atoms with Crippen LogP contribution in [0.25, 0.3) is 11.0 Å². The number of rotatable bonds is 4. The number of imidazole rings is 1. The second-order valence-electron chi connectivity index (χ2n) is 6.09. The minimum Gasteiger partial charge on any atom is -0.314 e. The van der Waals surface area contributed by atoms with E-state index in [4.69, 9.17) is 0 Å². The molecule has 0 amide bonds. The van der Waals surface area contributed by atoms with Crippen molar-refractivity contribution in [2.45, 2.75) is 26.3 Å². The first-order valence-corrected chi connectivity index (χ1v) is 7.81. The Hall–Kier alpha value is -1.59. The van der Waals surface area contributed by atoms with Gasteiger partial charge in [-0.25, -0.2) is 4.79 Å². The minimum absolute atomic E-state index is 0.0146. The number of aromatic nitrogens is 2. The summed E-state index contributed by atoms with van der Waals surface area (Å²) < 4.78 is 1.81. The fourth-order valence-corrected chi connectivity index (χ4v) is 3.07. The van der Waals surface area contributed by atoms with Crippen molar-refractivity contribution in [2.24, 2.45) is 0 Å². The van der Waals surface area contributed by atoms with Crippen molar-refractivity contribution in [3.8, 4) is 0 Å². The Kier molecular flexibility index (Phi) is 4.12. The summed E-state index contributed by atoms with van der Waals surface area (Å²) in [6.07, 6.45) is 1.03.